The first-order valence-corrected chi connectivity index (χ1v) is 10.3. The van der Waals surface area contributed by atoms with Gasteiger partial charge in [-0.05, 0) is 37.0 Å². The van der Waals surface area contributed by atoms with E-state index < -0.39 is 0 Å². The van der Waals surface area contributed by atoms with Gasteiger partial charge in [0.1, 0.15) is 0 Å². The van der Waals surface area contributed by atoms with Crippen molar-refractivity contribution < 1.29 is 4.79 Å². The minimum atomic E-state index is 0.344. The van der Waals surface area contributed by atoms with E-state index in [2.05, 4.69) is 59.0 Å². The molecule has 1 fully saturated rings. The second-order valence-electron chi connectivity index (χ2n) is 7.53. The van der Waals surface area contributed by atoms with E-state index >= 15 is 0 Å². The molecular formula is C23H32N2O. The smallest absolute Gasteiger partial charge is 0.223 e. The van der Waals surface area contributed by atoms with Crippen molar-refractivity contribution in [3.63, 3.8) is 0 Å². The van der Waals surface area contributed by atoms with Crippen LogP contribution in [-0.2, 0) is 17.9 Å². The van der Waals surface area contributed by atoms with E-state index in [1.165, 1.54) is 49.8 Å². The highest BCUT2D eigenvalue weighted by Crippen LogP contribution is 2.29. The fourth-order valence-electron chi connectivity index (χ4n) is 3.53. The molecule has 0 N–H and O–H groups in total. The van der Waals surface area contributed by atoms with Crippen molar-refractivity contribution in [3.05, 3.63) is 59.9 Å². The van der Waals surface area contributed by atoms with Crippen LogP contribution >= 0.6 is 0 Å². The summed E-state index contributed by atoms with van der Waals surface area (Å²) in [4.78, 5) is 14.9. The monoisotopic (exact) mass is 352 g/mol. The van der Waals surface area contributed by atoms with Crippen molar-refractivity contribution in [2.24, 2.45) is 0 Å². The van der Waals surface area contributed by atoms with Crippen LogP contribution < -0.4 is 0 Å². The number of hydrogen-bond donors (Lipinski definition) is 0. The molecule has 0 spiro atoms. The minimum Gasteiger partial charge on any atom is -0.345 e. The Morgan fingerprint density at radius 3 is 2.54 bits per heavy atom. The SMILES string of the molecule is CCCCCCCC(=O)N(Cc1cccn1Cc1ccccc1)C1CC1. The maximum absolute atomic E-state index is 12.8. The van der Waals surface area contributed by atoms with Crippen LogP contribution in [0, 0.1) is 0 Å². The van der Waals surface area contributed by atoms with Gasteiger partial charge in [-0.15, -0.1) is 0 Å². The van der Waals surface area contributed by atoms with Gasteiger partial charge in [-0.2, -0.15) is 0 Å². The third-order valence-electron chi connectivity index (χ3n) is 5.25. The largest absolute Gasteiger partial charge is 0.345 e. The third kappa shape index (κ3) is 5.48. The molecule has 3 rings (SSSR count). The molecule has 0 radical (unpaired) electrons. The summed E-state index contributed by atoms with van der Waals surface area (Å²) in [7, 11) is 0. The van der Waals surface area contributed by atoms with Crippen molar-refractivity contribution in [2.75, 3.05) is 0 Å². The normalized spacial score (nSPS) is 13.7. The summed E-state index contributed by atoms with van der Waals surface area (Å²) in [6.45, 7) is 3.84. The molecule has 1 amide bonds. The topological polar surface area (TPSA) is 25.2 Å². The first kappa shape index (κ1) is 18.8. The number of carbonyl (C=O) groups is 1. The van der Waals surface area contributed by atoms with Crippen LogP contribution in [0.2, 0.25) is 0 Å². The molecule has 3 heteroatoms. The van der Waals surface area contributed by atoms with Crippen LogP contribution in [0.15, 0.2) is 48.7 Å². The number of carbonyl (C=O) groups excluding carboxylic acids is 1. The number of amides is 1. The molecule has 0 unspecified atom stereocenters. The zero-order valence-corrected chi connectivity index (χ0v) is 16.1. The van der Waals surface area contributed by atoms with Crippen LogP contribution in [-0.4, -0.2) is 21.4 Å². The number of unbranched alkanes of at least 4 members (excludes halogenated alkanes) is 4. The van der Waals surface area contributed by atoms with Crippen LogP contribution in [0.3, 0.4) is 0 Å². The second-order valence-corrected chi connectivity index (χ2v) is 7.53. The van der Waals surface area contributed by atoms with Gasteiger partial charge >= 0.3 is 0 Å². The van der Waals surface area contributed by atoms with Gasteiger partial charge in [-0.1, -0.05) is 62.9 Å². The molecular weight excluding hydrogens is 320 g/mol. The summed E-state index contributed by atoms with van der Waals surface area (Å²) in [6.07, 6.45) is 11.2. The Kier molecular flexibility index (Phi) is 6.93. The maximum atomic E-state index is 12.8. The first-order valence-electron chi connectivity index (χ1n) is 10.3. The molecule has 1 aromatic carbocycles. The minimum absolute atomic E-state index is 0.344. The molecule has 0 saturated heterocycles. The zero-order valence-electron chi connectivity index (χ0n) is 16.1. The Morgan fingerprint density at radius 1 is 1.04 bits per heavy atom. The molecule has 0 atom stereocenters. The fraction of sp³-hybridized carbons (Fsp3) is 0.522. The summed E-state index contributed by atoms with van der Waals surface area (Å²) in [5.41, 5.74) is 2.53. The van der Waals surface area contributed by atoms with Crippen LogP contribution in [0.5, 0.6) is 0 Å². The summed E-state index contributed by atoms with van der Waals surface area (Å²) < 4.78 is 2.28. The molecule has 0 aliphatic heterocycles. The second kappa shape index (κ2) is 9.61. The Morgan fingerprint density at radius 2 is 1.81 bits per heavy atom. The van der Waals surface area contributed by atoms with Crippen molar-refractivity contribution in [1.82, 2.24) is 9.47 Å². The highest BCUT2D eigenvalue weighted by Gasteiger charge is 2.32. The highest BCUT2D eigenvalue weighted by atomic mass is 16.2. The van der Waals surface area contributed by atoms with E-state index in [-0.39, 0.29) is 0 Å². The number of rotatable bonds is 11. The fourth-order valence-corrected chi connectivity index (χ4v) is 3.53. The molecule has 140 valence electrons. The van der Waals surface area contributed by atoms with E-state index in [0.29, 0.717) is 18.4 Å². The zero-order chi connectivity index (χ0) is 18.2. The van der Waals surface area contributed by atoms with Gasteiger partial charge in [0.25, 0.3) is 0 Å². The first-order chi connectivity index (χ1) is 12.8. The summed E-state index contributed by atoms with van der Waals surface area (Å²) >= 11 is 0. The van der Waals surface area contributed by atoms with Crippen molar-refractivity contribution in [2.45, 2.75) is 77.4 Å². The predicted octanol–water partition coefficient (Wildman–Crippen LogP) is 5.39. The van der Waals surface area contributed by atoms with Crippen LogP contribution in [0.25, 0.3) is 0 Å². The molecule has 2 aromatic rings. The summed E-state index contributed by atoms with van der Waals surface area (Å²) in [5, 5.41) is 0. The van der Waals surface area contributed by atoms with E-state index in [0.717, 1.165) is 19.5 Å². The standard InChI is InChI=1S/C23H32N2O/c1-2-3-4-5-9-14-23(26)25(21-15-16-21)19-22-13-10-17-24(22)18-20-11-7-6-8-12-20/h6-8,10-13,17,21H,2-5,9,14-16,18-19H2,1H3. The summed E-state index contributed by atoms with van der Waals surface area (Å²) in [6, 6.07) is 15.2. The molecule has 1 aliphatic rings. The third-order valence-corrected chi connectivity index (χ3v) is 5.25. The number of aromatic nitrogens is 1. The Labute approximate surface area is 158 Å². The van der Waals surface area contributed by atoms with Gasteiger partial charge in [0, 0.05) is 30.9 Å². The van der Waals surface area contributed by atoms with Gasteiger partial charge < -0.3 is 9.47 Å². The van der Waals surface area contributed by atoms with Crippen molar-refractivity contribution in [1.29, 1.82) is 0 Å². The van der Waals surface area contributed by atoms with Gasteiger partial charge in [0.15, 0.2) is 0 Å². The van der Waals surface area contributed by atoms with Crippen molar-refractivity contribution in [3.8, 4) is 0 Å². The van der Waals surface area contributed by atoms with Crippen molar-refractivity contribution >= 4 is 5.91 Å². The maximum Gasteiger partial charge on any atom is 0.223 e. The number of benzene rings is 1. The van der Waals surface area contributed by atoms with Crippen LogP contribution in [0.1, 0.15) is 69.5 Å². The molecule has 1 saturated carbocycles. The Balaban J connectivity index is 1.57. The van der Waals surface area contributed by atoms with Crippen LogP contribution in [0.4, 0.5) is 0 Å². The quantitative estimate of drug-likeness (QED) is 0.498. The van der Waals surface area contributed by atoms with E-state index in [1.54, 1.807) is 0 Å². The van der Waals surface area contributed by atoms with Gasteiger partial charge in [-0.25, -0.2) is 0 Å². The number of nitrogens with zero attached hydrogens (tertiary/aromatic N) is 2. The van der Waals surface area contributed by atoms with Gasteiger partial charge in [-0.3, -0.25) is 4.79 Å². The van der Waals surface area contributed by atoms with E-state index in [1.807, 2.05) is 6.07 Å². The number of hydrogen-bond acceptors (Lipinski definition) is 1. The average Bonchev–Trinajstić information content (AvgIpc) is 3.41. The highest BCUT2D eigenvalue weighted by molar-refractivity contribution is 5.76. The average molecular weight is 353 g/mol. The molecule has 1 heterocycles. The van der Waals surface area contributed by atoms with Gasteiger partial charge in [0.2, 0.25) is 5.91 Å². The Hall–Kier alpha value is -2.03. The lowest BCUT2D eigenvalue weighted by molar-refractivity contribution is -0.132. The molecule has 26 heavy (non-hydrogen) atoms. The lowest BCUT2D eigenvalue weighted by atomic mass is 10.1. The molecule has 1 aliphatic carbocycles. The summed E-state index contributed by atoms with van der Waals surface area (Å²) in [5.74, 6) is 0.344. The molecule has 0 bridgehead atoms. The lowest BCUT2D eigenvalue weighted by Gasteiger charge is -2.23. The van der Waals surface area contributed by atoms with E-state index in [9.17, 15) is 4.79 Å². The lowest BCUT2D eigenvalue weighted by Crippen LogP contribution is -2.33. The van der Waals surface area contributed by atoms with E-state index in [4.69, 9.17) is 0 Å². The predicted molar refractivity (Wildman–Crippen MR) is 107 cm³/mol. The molecule has 1 aromatic heterocycles. The van der Waals surface area contributed by atoms with Gasteiger partial charge in [0.05, 0.1) is 6.54 Å². The molecule has 3 nitrogen and oxygen atoms in total. The Bertz CT molecular complexity index is 673.